The fraction of sp³-hybridized carbons (Fsp3) is 0.357. The molecule has 0 saturated heterocycles. The highest BCUT2D eigenvalue weighted by Gasteiger charge is 2.08. The quantitative estimate of drug-likeness (QED) is 0.712. The van der Waals surface area contributed by atoms with Gasteiger partial charge in [-0.1, -0.05) is 24.3 Å². The van der Waals surface area contributed by atoms with Gasteiger partial charge in [0.25, 0.3) is 5.91 Å². The zero-order chi connectivity index (χ0) is 13.4. The third-order valence-electron chi connectivity index (χ3n) is 2.50. The minimum atomic E-state index is -0.156. The first-order chi connectivity index (χ1) is 8.69. The Morgan fingerprint density at radius 2 is 2.33 bits per heavy atom. The molecule has 0 aromatic heterocycles. The summed E-state index contributed by atoms with van der Waals surface area (Å²) >= 11 is 0. The number of hydrogen-bond donors (Lipinski definition) is 2. The van der Waals surface area contributed by atoms with Gasteiger partial charge in [0.05, 0.1) is 0 Å². The molecule has 0 aliphatic heterocycles. The maximum Gasteiger partial charge on any atom is 0.258 e. The molecular weight excluding hydrogens is 228 g/mol. The lowest BCUT2D eigenvalue weighted by atomic mass is 10.1. The van der Waals surface area contributed by atoms with Crippen molar-refractivity contribution >= 4 is 5.91 Å². The van der Waals surface area contributed by atoms with Crippen molar-refractivity contribution in [3.8, 4) is 5.75 Å². The van der Waals surface area contributed by atoms with E-state index in [0.29, 0.717) is 13.1 Å². The topological polar surface area (TPSA) is 64.3 Å². The summed E-state index contributed by atoms with van der Waals surface area (Å²) in [6.07, 6.45) is 2.37. The first kappa shape index (κ1) is 14.3. The Morgan fingerprint density at radius 1 is 1.56 bits per heavy atom. The molecule has 0 aliphatic carbocycles. The molecule has 4 heteroatoms. The molecule has 0 radical (unpaired) electrons. The van der Waals surface area contributed by atoms with Crippen molar-refractivity contribution < 1.29 is 9.53 Å². The highest BCUT2D eigenvalue weighted by Crippen LogP contribution is 2.23. The van der Waals surface area contributed by atoms with Crippen LogP contribution in [0.4, 0.5) is 0 Å². The lowest BCUT2D eigenvalue weighted by molar-refractivity contribution is -0.122. The first-order valence-electron chi connectivity index (χ1n) is 5.98. The van der Waals surface area contributed by atoms with Crippen molar-refractivity contribution in [2.45, 2.75) is 13.3 Å². The fourth-order valence-electron chi connectivity index (χ4n) is 1.65. The third kappa shape index (κ3) is 4.22. The molecule has 0 bridgehead atoms. The molecule has 1 aromatic carbocycles. The van der Waals surface area contributed by atoms with Crippen LogP contribution in [0.15, 0.2) is 30.9 Å². The number of benzene rings is 1. The summed E-state index contributed by atoms with van der Waals surface area (Å²) in [5.41, 5.74) is 7.60. The summed E-state index contributed by atoms with van der Waals surface area (Å²) in [5, 5.41) is 2.67. The minimum absolute atomic E-state index is 0.0102. The SMILES string of the molecule is C=CCNC(=O)COc1c(C)cccc1CCN. The van der Waals surface area contributed by atoms with Crippen molar-refractivity contribution in [1.29, 1.82) is 0 Å². The average Bonchev–Trinajstić information content (AvgIpc) is 2.36. The molecule has 0 atom stereocenters. The van der Waals surface area contributed by atoms with Gasteiger partial charge in [-0.3, -0.25) is 4.79 Å². The van der Waals surface area contributed by atoms with Gasteiger partial charge in [0.15, 0.2) is 6.61 Å². The second-order valence-corrected chi connectivity index (χ2v) is 3.98. The van der Waals surface area contributed by atoms with Crippen LogP contribution in [0, 0.1) is 6.92 Å². The molecule has 98 valence electrons. The van der Waals surface area contributed by atoms with E-state index in [9.17, 15) is 4.79 Å². The highest BCUT2D eigenvalue weighted by molar-refractivity contribution is 5.77. The van der Waals surface area contributed by atoms with Crippen LogP contribution in [0.25, 0.3) is 0 Å². The summed E-state index contributed by atoms with van der Waals surface area (Å²) in [5.74, 6) is 0.605. The Bertz CT molecular complexity index is 416. The minimum Gasteiger partial charge on any atom is -0.483 e. The lowest BCUT2D eigenvalue weighted by Crippen LogP contribution is -2.29. The molecule has 0 saturated carbocycles. The molecule has 1 rings (SSSR count). The molecule has 0 heterocycles. The van der Waals surface area contributed by atoms with Crippen LogP contribution in [-0.4, -0.2) is 25.6 Å². The maximum absolute atomic E-state index is 11.4. The third-order valence-corrected chi connectivity index (χ3v) is 2.50. The van der Waals surface area contributed by atoms with E-state index in [1.807, 2.05) is 25.1 Å². The molecule has 4 nitrogen and oxygen atoms in total. The van der Waals surface area contributed by atoms with Crippen molar-refractivity contribution in [1.82, 2.24) is 5.32 Å². The molecule has 0 fully saturated rings. The van der Waals surface area contributed by atoms with E-state index in [2.05, 4.69) is 11.9 Å². The smallest absolute Gasteiger partial charge is 0.258 e. The number of hydrogen-bond acceptors (Lipinski definition) is 3. The lowest BCUT2D eigenvalue weighted by Gasteiger charge is -2.13. The van der Waals surface area contributed by atoms with Crippen molar-refractivity contribution in [3.05, 3.63) is 42.0 Å². The summed E-state index contributed by atoms with van der Waals surface area (Å²) in [7, 11) is 0. The van der Waals surface area contributed by atoms with E-state index in [4.69, 9.17) is 10.5 Å². The molecule has 0 unspecified atom stereocenters. The summed E-state index contributed by atoms with van der Waals surface area (Å²) in [4.78, 5) is 11.4. The zero-order valence-electron chi connectivity index (χ0n) is 10.7. The predicted octanol–water partition coefficient (Wildman–Crippen LogP) is 1.18. The van der Waals surface area contributed by atoms with Crippen LogP contribution < -0.4 is 15.8 Å². The van der Waals surface area contributed by atoms with Gasteiger partial charge in [-0.05, 0) is 31.0 Å². The largest absolute Gasteiger partial charge is 0.483 e. The molecule has 18 heavy (non-hydrogen) atoms. The number of carbonyl (C=O) groups excluding carboxylic acids is 1. The van der Waals surface area contributed by atoms with E-state index in [0.717, 1.165) is 23.3 Å². The molecule has 0 spiro atoms. The van der Waals surface area contributed by atoms with Crippen molar-refractivity contribution in [2.75, 3.05) is 19.7 Å². The number of carbonyl (C=O) groups is 1. The van der Waals surface area contributed by atoms with Gasteiger partial charge in [0, 0.05) is 6.54 Å². The number of nitrogens with two attached hydrogens (primary N) is 1. The van der Waals surface area contributed by atoms with Gasteiger partial charge in [0.2, 0.25) is 0 Å². The molecular formula is C14H20N2O2. The van der Waals surface area contributed by atoms with Gasteiger partial charge in [-0.2, -0.15) is 0 Å². The second kappa shape index (κ2) is 7.50. The normalized spacial score (nSPS) is 9.89. The average molecular weight is 248 g/mol. The van der Waals surface area contributed by atoms with Crippen molar-refractivity contribution in [3.63, 3.8) is 0 Å². The van der Waals surface area contributed by atoms with Crippen molar-refractivity contribution in [2.24, 2.45) is 5.73 Å². The van der Waals surface area contributed by atoms with Gasteiger partial charge < -0.3 is 15.8 Å². The fourth-order valence-corrected chi connectivity index (χ4v) is 1.65. The Labute approximate surface area is 108 Å². The van der Waals surface area contributed by atoms with Crippen LogP contribution in [0.5, 0.6) is 5.75 Å². The molecule has 1 amide bonds. The summed E-state index contributed by atoms with van der Waals surface area (Å²) in [6, 6.07) is 5.89. The van der Waals surface area contributed by atoms with E-state index in [1.165, 1.54) is 0 Å². The number of ether oxygens (including phenoxy) is 1. The molecule has 0 aliphatic rings. The van der Waals surface area contributed by atoms with Crippen LogP contribution >= 0.6 is 0 Å². The first-order valence-corrected chi connectivity index (χ1v) is 5.98. The summed E-state index contributed by atoms with van der Waals surface area (Å²) in [6.45, 7) is 6.51. The van der Waals surface area contributed by atoms with Gasteiger partial charge in [-0.25, -0.2) is 0 Å². The predicted molar refractivity (Wildman–Crippen MR) is 72.6 cm³/mol. The van der Waals surface area contributed by atoms with Gasteiger partial charge in [-0.15, -0.1) is 6.58 Å². The van der Waals surface area contributed by atoms with Gasteiger partial charge in [0.1, 0.15) is 5.75 Å². The van der Waals surface area contributed by atoms with Crippen LogP contribution in [0.2, 0.25) is 0 Å². The number of aryl methyl sites for hydroxylation is 1. The molecule has 1 aromatic rings. The zero-order valence-corrected chi connectivity index (χ0v) is 10.7. The Kier molecular flexibility index (Phi) is 5.94. The van der Waals surface area contributed by atoms with E-state index in [1.54, 1.807) is 6.08 Å². The van der Waals surface area contributed by atoms with E-state index in [-0.39, 0.29) is 12.5 Å². The van der Waals surface area contributed by atoms with Crippen LogP contribution in [0.1, 0.15) is 11.1 Å². The van der Waals surface area contributed by atoms with Gasteiger partial charge >= 0.3 is 0 Å². The number of rotatable bonds is 7. The number of para-hydroxylation sites is 1. The monoisotopic (exact) mass is 248 g/mol. The van der Waals surface area contributed by atoms with Crippen LogP contribution in [0.3, 0.4) is 0 Å². The second-order valence-electron chi connectivity index (χ2n) is 3.98. The van der Waals surface area contributed by atoms with E-state index >= 15 is 0 Å². The standard InChI is InChI=1S/C14H20N2O2/c1-3-9-16-13(17)10-18-14-11(2)5-4-6-12(14)7-8-15/h3-6H,1,7-10,15H2,2H3,(H,16,17). The van der Waals surface area contributed by atoms with E-state index < -0.39 is 0 Å². The number of amides is 1. The molecule has 3 N–H and O–H groups in total. The Morgan fingerprint density at radius 3 is 3.00 bits per heavy atom. The maximum atomic E-state index is 11.4. The number of nitrogens with one attached hydrogen (secondary N) is 1. The highest BCUT2D eigenvalue weighted by atomic mass is 16.5. The van der Waals surface area contributed by atoms with Crippen LogP contribution in [-0.2, 0) is 11.2 Å². The summed E-state index contributed by atoms with van der Waals surface area (Å²) < 4.78 is 5.58. The Hall–Kier alpha value is -1.81. The Balaban J connectivity index is 2.65.